The fraction of sp³-hybridized carbons (Fsp3) is 0.500. The van der Waals surface area contributed by atoms with Crippen LogP contribution in [0.5, 0.6) is 0 Å². The molecule has 0 amide bonds. The third-order valence-electron chi connectivity index (χ3n) is 0.901. The molecule has 0 aromatic rings. The van der Waals surface area contributed by atoms with E-state index in [4.69, 9.17) is 0 Å². The maximum absolute atomic E-state index is 2.95. The van der Waals surface area contributed by atoms with Crippen molar-refractivity contribution in [2.45, 2.75) is 0 Å². The minimum Gasteiger partial charge on any atom is -0.374 e. The van der Waals surface area contributed by atoms with Crippen molar-refractivity contribution in [3.63, 3.8) is 0 Å². The predicted molar refractivity (Wildman–Crippen MR) is 28.3 cm³/mol. The van der Waals surface area contributed by atoms with E-state index >= 15 is 0 Å². The Balaban J connectivity index is 2.36. The first-order chi connectivity index (χ1) is 3.43. The molecule has 3 heteroatoms. The zero-order valence-corrected chi connectivity index (χ0v) is 4.28. The maximum Gasteiger partial charge on any atom is 0.110 e. The normalized spacial score (nSPS) is 18.1. The largest absolute Gasteiger partial charge is 0.374 e. The second-order valence-corrected chi connectivity index (χ2v) is 1.37. The third-order valence-corrected chi connectivity index (χ3v) is 0.901. The molecule has 0 spiro atoms. The first-order valence-corrected chi connectivity index (χ1v) is 2.30. The van der Waals surface area contributed by atoms with E-state index in [1.54, 1.807) is 0 Å². The third kappa shape index (κ3) is 0.838. The lowest BCUT2D eigenvalue weighted by Crippen LogP contribution is -2.28. The highest BCUT2D eigenvalue weighted by molar-refractivity contribution is 5.00. The van der Waals surface area contributed by atoms with E-state index in [1.807, 2.05) is 13.1 Å². The molecule has 40 valence electrons. The summed E-state index contributed by atoms with van der Waals surface area (Å²) in [5, 5.41) is 2.95. The van der Waals surface area contributed by atoms with Crippen molar-refractivity contribution < 1.29 is 0 Å². The number of rotatable bonds is 1. The van der Waals surface area contributed by atoms with E-state index < -0.39 is 0 Å². The van der Waals surface area contributed by atoms with Crippen LogP contribution >= 0.6 is 0 Å². The Kier molecular flexibility index (Phi) is 1.17. The van der Waals surface area contributed by atoms with Crippen LogP contribution in [0.3, 0.4) is 0 Å². The number of hydrogen-bond donors (Lipinski definition) is 3. The van der Waals surface area contributed by atoms with Gasteiger partial charge in [0, 0.05) is 13.6 Å². The summed E-state index contributed by atoms with van der Waals surface area (Å²) in [6.07, 6.45) is 2.04. The van der Waals surface area contributed by atoms with Crippen molar-refractivity contribution >= 4 is 0 Å². The van der Waals surface area contributed by atoms with Gasteiger partial charge in [-0.25, -0.2) is 5.43 Å². The second-order valence-electron chi connectivity index (χ2n) is 1.37. The molecule has 1 aliphatic rings. The Morgan fingerprint density at radius 3 is 3.00 bits per heavy atom. The molecule has 0 radical (unpaired) electrons. The van der Waals surface area contributed by atoms with Gasteiger partial charge in [-0.1, -0.05) is 0 Å². The SMILES string of the molecule is CNC1=CCNN1. The maximum atomic E-state index is 2.95. The summed E-state index contributed by atoms with van der Waals surface area (Å²) in [5.74, 6) is 1.06. The zero-order valence-electron chi connectivity index (χ0n) is 4.28. The van der Waals surface area contributed by atoms with Gasteiger partial charge in [0.25, 0.3) is 0 Å². The van der Waals surface area contributed by atoms with E-state index in [0.717, 1.165) is 12.4 Å². The predicted octanol–water partition coefficient (Wildman–Crippen LogP) is -0.845. The minimum atomic E-state index is 0.913. The molecule has 0 aliphatic carbocycles. The molecule has 0 unspecified atom stereocenters. The van der Waals surface area contributed by atoms with Crippen LogP contribution in [0.1, 0.15) is 0 Å². The van der Waals surface area contributed by atoms with Gasteiger partial charge in [0.2, 0.25) is 0 Å². The average Bonchev–Trinajstić information content (AvgIpc) is 2.14. The first kappa shape index (κ1) is 4.46. The molecular formula is C4H9N3. The Morgan fingerprint density at radius 2 is 2.71 bits per heavy atom. The monoisotopic (exact) mass is 99.1 g/mol. The van der Waals surface area contributed by atoms with Crippen molar-refractivity contribution in [2.24, 2.45) is 0 Å². The minimum absolute atomic E-state index is 0.913. The van der Waals surface area contributed by atoms with Crippen LogP contribution in [-0.4, -0.2) is 13.6 Å². The van der Waals surface area contributed by atoms with Gasteiger partial charge in [-0.15, -0.1) is 0 Å². The highest BCUT2D eigenvalue weighted by Gasteiger charge is 1.95. The van der Waals surface area contributed by atoms with Crippen LogP contribution in [0.15, 0.2) is 11.9 Å². The van der Waals surface area contributed by atoms with Gasteiger partial charge < -0.3 is 10.7 Å². The van der Waals surface area contributed by atoms with Crippen LogP contribution in [0.4, 0.5) is 0 Å². The Bertz CT molecular complexity index is 86.9. The smallest absolute Gasteiger partial charge is 0.110 e. The van der Waals surface area contributed by atoms with Crippen molar-refractivity contribution in [3.05, 3.63) is 11.9 Å². The van der Waals surface area contributed by atoms with E-state index in [-0.39, 0.29) is 0 Å². The summed E-state index contributed by atoms with van der Waals surface area (Å²) in [4.78, 5) is 0. The highest BCUT2D eigenvalue weighted by atomic mass is 15.4. The summed E-state index contributed by atoms with van der Waals surface area (Å²) in [6, 6.07) is 0. The average molecular weight is 99.1 g/mol. The topological polar surface area (TPSA) is 36.1 Å². The van der Waals surface area contributed by atoms with Gasteiger partial charge in [0.15, 0.2) is 0 Å². The van der Waals surface area contributed by atoms with Crippen LogP contribution in [0.2, 0.25) is 0 Å². The molecule has 3 nitrogen and oxygen atoms in total. The van der Waals surface area contributed by atoms with Crippen LogP contribution in [0.25, 0.3) is 0 Å². The molecule has 1 rings (SSSR count). The quantitative estimate of drug-likeness (QED) is 0.401. The molecule has 7 heavy (non-hydrogen) atoms. The Labute approximate surface area is 42.8 Å². The second kappa shape index (κ2) is 1.84. The van der Waals surface area contributed by atoms with Gasteiger partial charge in [0.05, 0.1) is 0 Å². The summed E-state index contributed by atoms with van der Waals surface area (Å²) in [6.45, 7) is 0.913. The molecule has 0 aromatic heterocycles. The van der Waals surface area contributed by atoms with Crippen LogP contribution in [-0.2, 0) is 0 Å². The summed E-state index contributed by atoms with van der Waals surface area (Å²) < 4.78 is 0. The van der Waals surface area contributed by atoms with Gasteiger partial charge in [-0.05, 0) is 6.08 Å². The van der Waals surface area contributed by atoms with E-state index in [0.29, 0.717) is 0 Å². The van der Waals surface area contributed by atoms with Crippen molar-refractivity contribution in [1.82, 2.24) is 16.2 Å². The Morgan fingerprint density at radius 1 is 1.86 bits per heavy atom. The van der Waals surface area contributed by atoms with Crippen molar-refractivity contribution in [1.29, 1.82) is 0 Å². The molecule has 1 heterocycles. The number of hydrazine groups is 1. The summed E-state index contributed by atoms with van der Waals surface area (Å²) in [5.41, 5.74) is 5.82. The molecule has 0 atom stereocenters. The van der Waals surface area contributed by atoms with Gasteiger partial charge in [-0.2, -0.15) is 0 Å². The molecule has 3 N–H and O–H groups in total. The van der Waals surface area contributed by atoms with E-state index in [1.165, 1.54) is 0 Å². The van der Waals surface area contributed by atoms with Gasteiger partial charge in [0.1, 0.15) is 5.82 Å². The molecule has 0 aromatic carbocycles. The highest BCUT2D eigenvalue weighted by Crippen LogP contribution is 1.82. The lowest BCUT2D eigenvalue weighted by Gasteiger charge is -1.98. The molecule has 0 fully saturated rings. The zero-order chi connectivity index (χ0) is 5.11. The van der Waals surface area contributed by atoms with Crippen LogP contribution in [0, 0.1) is 0 Å². The number of hydrogen-bond acceptors (Lipinski definition) is 3. The standard InChI is InChI=1S/C4H9N3/c1-5-4-2-3-6-7-4/h2,5-7H,3H2,1H3. The molecule has 0 saturated carbocycles. The summed E-state index contributed by atoms with van der Waals surface area (Å²) >= 11 is 0. The fourth-order valence-corrected chi connectivity index (χ4v) is 0.515. The van der Waals surface area contributed by atoms with Crippen molar-refractivity contribution in [2.75, 3.05) is 13.6 Å². The Hall–Kier alpha value is -0.700. The van der Waals surface area contributed by atoms with E-state index in [2.05, 4.69) is 16.2 Å². The number of nitrogens with one attached hydrogen (secondary N) is 3. The lowest BCUT2D eigenvalue weighted by molar-refractivity contribution is 0.665. The molecule has 0 saturated heterocycles. The molecule has 1 aliphatic heterocycles. The van der Waals surface area contributed by atoms with E-state index in [9.17, 15) is 0 Å². The van der Waals surface area contributed by atoms with Gasteiger partial charge >= 0.3 is 0 Å². The fourth-order valence-electron chi connectivity index (χ4n) is 0.515. The molecular weight excluding hydrogens is 90.1 g/mol. The first-order valence-electron chi connectivity index (χ1n) is 2.30. The van der Waals surface area contributed by atoms with Crippen molar-refractivity contribution in [3.8, 4) is 0 Å². The molecule has 0 bridgehead atoms. The van der Waals surface area contributed by atoms with Crippen LogP contribution < -0.4 is 16.2 Å². The van der Waals surface area contributed by atoms with Gasteiger partial charge in [-0.3, -0.25) is 0 Å². The lowest BCUT2D eigenvalue weighted by atomic mass is 10.6. The summed E-state index contributed by atoms with van der Waals surface area (Å²) in [7, 11) is 1.88.